The molecule has 2 heteroatoms. The molecule has 72 valence electrons. The van der Waals surface area contributed by atoms with E-state index in [0.29, 0.717) is 0 Å². The molecule has 0 fully saturated rings. The van der Waals surface area contributed by atoms with Gasteiger partial charge in [0.15, 0.2) is 0 Å². The number of rotatable bonds is 1. The molecule has 1 aliphatic rings. The zero-order valence-electron chi connectivity index (χ0n) is 8.07. The molecular formula is C12H12ClN. The minimum absolute atomic E-state index is 0.774. The molecule has 1 aromatic rings. The zero-order chi connectivity index (χ0) is 9.97. The summed E-state index contributed by atoms with van der Waals surface area (Å²) in [6.07, 6.45) is 5.98. The highest BCUT2D eigenvalue weighted by Gasteiger charge is 2.09. The van der Waals surface area contributed by atoms with Crippen LogP contribution in [0.4, 0.5) is 5.69 Å². The Kier molecular flexibility index (Phi) is 2.60. The van der Waals surface area contributed by atoms with Gasteiger partial charge in [0.1, 0.15) is 5.16 Å². The van der Waals surface area contributed by atoms with Crippen molar-refractivity contribution in [2.24, 2.45) is 0 Å². The van der Waals surface area contributed by atoms with Gasteiger partial charge in [-0.3, -0.25) is 0 Å². The van der Waals surface area contributed by atoms with E-state index >= 15 is 0 Å². The van der Waals surface area contributed by atoms with Gasteiger partial charge in [-0.05, 0) is 25.1 Å². The van der Waals surface area contributed by atoms with Gasteiger partial charge in [0, 0.05) is 12.2 Å². The molecule has 0 aliphatic carbocycles. The second kappa shape index (κ2) is 3.89. The minimum atomic E-state index is 0.774. The SMILES string of the molecule is Cc1ccc(N2CC=CC=C2Cl)cc1. The Labute approximate surface area is 89.3 Å². The van der Waals surface area contributed by atoms with Gasteiger partial charge < -0.3 is 4.90 Å². The predicted octanol–water partition coefficient (Wildman–Crippen LogP) is 3.45. The predicted molar refractivity (Wildman–Crippen MR) is 61.6 cm³/mol. The van der Waals surface area contributed by atoms with Gasteiger partial charge in [-0.15, -0.1) is 0 Å². The third-order valence-electron chi connectivity index (χ3n) is 2.26. The highest BCUT2D eigenvalue weighted by atomic mass is 35.5. The van der Waals surface area contributed by atoms with Crippen molar-refractivity contribution in [3.05, 3.63) is 53.2 Å². The van der Waals surface area contributed by atoms with Crippen molar-refractivity contribution in [1.82, 2.24) is 0 Å². The molecule has 1 nitrogen and oxygen atoms in total. The summed E-state index contributed by atoms with van der Waals surface area (Å²) >= 11 is 6.09. The maximum absolute atomic E-state index is 6.09. The molecule has 0 unspecified atom stereocenters. The second-order valence-corrected chi connectivity index (χ2v) is 3.75. The summed E-state index contributed by atoms with van der Waals surface area (Å²) < 4.78 is 0. The van der Waals surface area contributed by atoms with Crippen LogP contribution in [0.15, 0.2) is 47.6 Å². The molecule has 0 saturated carbocycles. The lowest BCUT2D eigenvalue weighted by Crippen LogP contribution is -2.21. The molecule has 1 heterocycles. The van der Waals surface area contributed by atoms with Crippen LogP contribution in [-0.2, 0) is 0 Å². The fourth-order valence-electron chi connectivity index (χ4n) is 1.44. The van der Waals surface area contributed by atoms with Crippen LogP contribution in [0.3, 0.4) is 0 Å². The van der Waals surface area contributed by atoms with Crippen LogP contribution in [0.1, 0.15) is 5.56 Å². The van der Waals surface area contributed by atoms with Crippen molar-refractivity contribution in [2.45, 2.75) is 6.92 Å². The van der Waals surface area contributed by atoms with Crippen LogP contribution in [0.2, 0.25) is 0 Å². The lowest BCUT2D eigenvalue weighted by molar-refractivity contribution is 1.05. The van der Waals surface area contributed by atoms with E-state index < -0.39 is 0 Å². The van der Waals surface area contributed by atoms with Crippen LogP contribution >= 0.6 is 11.6 Å². The van der Waals surface area contributed by atoms with Crippen LogP contribution < -0.4 is 4.90 Å². The molecule has 14 heavy (non-hydrogen) atoms. The number of halogens is 1. The lowest BCUT2D eigenvalue weighted by Gasteiger charge is -2.24. The number of allylic oxidation sites excluding steroid dienone is 2. The summed E-state index contributed by atoms with van der Waals surface area (Å²) in [6.45, 7) is 2.93. The van der Waals surface area contributed by atoms with E-state index in [2.05, 4.69) is 42.2 Å². The van der Waals surface area contributed by atoms with Crippen molar-refractivity contribution in [2.75, 3.05) is 11.4 Å². The molecular weight excluding hydrogens is 194 g/mol. The average Bonchev–Trinajstić information content (AvgIpc) is 2.20. The Hall–Kier alpha value is -1.21. The maximum Gasteiger partial charge on any atom is 0.109 e. The van der Waals surface area contributed by atoms with Crippen molar-refractivity contribution in [3.8, 4) is 0 Å². The third kappa shape index (κ3) is 1.83. The average molecular weight is 206 g/mol. The van der Waals surface area contributed by atoms with Crippen LogP contribution in [0.5, 0.6) is 0 Å². The summed E-state index contributed by atoms with van der Waals surface area (Å²) in [4.78, 5) is 2.07. The summed E-state index contributed by atoms with van der Waals surface area (Å²) in [5.74, 6) is 0. The first-order valence-corrected chi connectivity index (χ1v) is 5.02. The number of hydrogen-bond acceptors (Lipinski definition) is 1. The van der Waals surface area contributed by atoms with Crippen LogP contribution in [-0.4, -0.2) is 6.54 Å². The Morgan fingerprint density at radius 1 is 1.21 bits per heavy atom. The smallest absolute Gasteiger partial charge is 0.109 e. The van der Waals surface area contributed by atoms with E-state index in [0.717, 1.165) is 17.4 Å². The van der Waals surface area contributed by atoms with Gasteiger partial charge in [0.05, 0.1) is 0 Å². The number of hydrogen-bond donors (Lipinski definition) is 0. The highest BCUT2D eigenvalue weighted by Crippen LogP contribution is 2.23. The number of benzene rings is 1. The van der Waals surface area contributed by atoms with Crippen LogP contribution in [0, 0.1) is 6.92 Å². The monoisotopic (exact) mass is 205 g/mol. The Balaban J connectivity index is 2.27. The van der Waals surface area contributed by atoms with Gasteiger partial charge in [0.2, 0.25) is 0 Å². The molecule has 0 atom stereocenters. The Bertz CT molecular complexity index is 376. The first-order chi connectivity index (χ1) is 6.77. The lowest BCUT2D eigenvalue weighted by atomic mass is 10.2. The Morgan fingerprint density at radius 2 is 1.93 bits per heavy atom. The molecule has 0 N–H and O–H groups in total. The van der Waals surface area contributed by atoms with E-state index in [-0.39, 0.29) is 0 Å². The van der Waals surface area contributed by atoms with E-state index in [9.17, 15) is 0 Å². The van der Waals surface area contributed by atoms with Gasteiger partial charge in [-0.2, -0.15) is 0 Å². The van der Waals surface area contributed by atoms with E-state index in [1.807, 2.05) is 12.2 Å². The van der Waals surface area contributed by atoms with Gasteiger partial charge in [0.25, 0.3) is 0 Å². The highest BCUT2D eigenvalue weighted by molar-refractivity contribution is 6.31. The number of anilines is 1. The fourth-order valence-corrected chi connectivity index (χ4v) is 1.68. The van der Waals surface area contributed by atoms with Crippen molar-refractivity contribution >= 4 is 17.3 Å². The van der Waals surface area contributed by atoms with Crippen molar-refractivity contribution < 1.29 is 0 Å². The molecule has 2 rings (SSSR count). The molecule has 0 saturated heterocycles. The number of nitrogens with zero attached hydrogens (tertiary/aromatic N) is 1. The molecule has 1 aliphatic heterocycles. The summed E-state index contributed by atoms with van der Waals surface area (Å²) in [5, 5.41) is 0.774. The standard InChI is InChI=1S/C12H12ClN/c1-10-5-7-11(8-6-10)14-9-3-2-4-12(14)13/h2-8H,9H2,1H3. The topological polar surface area (TPSA) is 3.24 Å². The summed E-state index contributed by atoms with van der Waals surface area (Å²) in [7, 11) is 0. The maximum atomic E-state index is 6.09. The van der Waals surface area contributed by atoms with Gasteiger partial charge >= 0.3 is 0 Å². The largest absolute Gasteiger partial charge is 0.328 e. The number of aryl methyl sites for hydroxylation is 1. The van der Waals surface area contributed by atoms with E-state index in [4.69, 9.17) is 11.6 Å². The summed E-state index contributed by atoms with van der Waals surface area (Å²) in [5.41, 5.74) is 2.41. The minimum Gasteiger partial charge on any atom is -0.328 e. The summed E-state index contributed by atoms with van der Waals surface area (Å²) in [6, 6.07) is 8.37. The first kappa shape index (κ1) is 9.35. The third-order valence-corrected chi connectivity index (χ3v) is 2.59. The first-order valence-electron chi connectivity index (χ1n) is 4.64. The van der Waals surface area contributed by atoms with Gasteiger partial charge in [-0.25, -0.2) is 0 Å². The quantitative estimate of drug-likeness (QED) is 0.635. The molecule has 0 amide bonds. The molecule has 1 aromatic carbocycles. The van der Waals surface area contributed by atoms with E-state index in [1.165, 1.54) is 5.56 Å². The zero-order valence-corrected chi connectivity index (χ0v) is 8.83. The molecule has 0 radical (unpaired) electrons. The van der Waals surface area contributed by atoms with Crippen molar-refractivity contribution in [1.29, 1.82) is 0 Å². The van der Waals surface area contributed by atoms with Crippen LogP contribution in [0.25, 0.3) is 0 Å². The fraction of sp³-hybridized carbons (Fsp3) is 0.167. The van der Waals surface area contributed by atoms with E-state index in [1.54, 1.807) is 0 Å². The molecule has 0 aromatic heterocycles. The second-order valence-electron chi connectivity index (χ2n) is 3.36. The Morgan fingerprint density at radius 3 is 2.57 bits per heavy atom. The molecule has 0 spiro atoms. The van der Waals surface area contributed by atoms with Crippen molar-refractivity contribution in [3.63, 3.8) is 0 Å². The normalized spacial score (nSPS) is 15.6. The molecule has 0 bridgehead atoms. The van der Waals surface area contributed by atoms with Gasteiger partial charge in [-0.1, -0.05) is 41.4 Å².